The zero-order valence-electron chi connectivity index (χ0n) is 11.1. The summed E-state index contributed by atoms with van der Waals surface area (Å²) in [6.07, 6.45) is 3.55. The molecule has 94 valence electrons. The maximum absolute atomic E-state index is 11.1. The minimum Gasteiger partial charge on any atom is -0.461 e. The number of carbonyl (C=O) groups excluding carboxylic acids is 1. The van der Waals surface area contributed by atoms with Gasteiger partial charge in [0.25, 0.3) is 0 Å². The van der Waals surface area contributed by atoms with Crippen LogP contribution in [-0.2, 0) is 9.53 Å². The lowest BCUT2D eigenvalue weighted by Crippen LogP contribution is -2.35. The molecule has 1 atom stereocenters. The fraction of sp³-hybridized carbons (Fsp3) is 0.923. The quantitative estimate of drug-likeness (QED) is 0.691. The molecule has 1 unspecified atom stereocenters. The topological polar surface area (TPSA) is 29.5 Å². The molecule has 3 nitrogen and oxygen atoms in total. The number of nitrogens with zero attached hydrogens (tertiary/aromatic N) is 1. The van der Waals surface area contributed by atoms with E-state index in [4.69, 9.17) is 4.74 Å². The molecule has 0 aliphatic carbocycles. The molecule has 3 heteroatoms. The summed E-state index contributed by atoms with van der Waals surface area (Å²) in [5.41, 5.74) is 0.208. The smallest absolute Gasteiger partial charge is 0.302 e. The summed E-state index contributed by atoms with van der Waals surface area (Å²) in [6, 6.07) is 0. The van der Waals surface area contributed by atoms with Crippen molar-refractivity contribution in [1.29, 1.82) is 0 Å². The van der Waals surface area contributed by atoms with Gasteiger partial charge in [-0.15, -0.1) is 0 Å². The van der Waals surface area contributed by atoms with E-state index in [-0.39, 0.29) is 17.5 Å². The highest BCUT2D eigenvalue weighted by Crippen LogP contribution is 2.23. The first-order valence-corrected chi connectivity index (χ1v) is 6.26. The lowest BCUT2D eigenvalue weighted by Gasteiger charge is -2.28. The van der Waals surface area contributed by atoms with Gasteiger partial charge in [-0.25, -0.2) is 0 Å². The van der Waals surface area contributed by atoms with Crippen LogP contribution in [-0.4, -0.2) is 36.6 Å². The third-order valence-corrected chi connectivity index (χ3v) is 2.83. The lowest BCUT2D eigenvalue weighted by atomic mass is 9.89. The zero-order valence-corrected chi connectivity index (χ0v) is 11.1. The molecule has 0 N–H and O–H groups in total. The van der Waals surface area contributed by atoms with Gasteiger partial charge in [0.15, 0.2) is 0 Å². The van der Waals surface area contributed by atoms with Gasteiger partial charge in [-0.3, -0.25) is 9.69 Å². The van der Waals surface area contributed by atoms with Crippen molar-refractivity contribution in [2.45, 2.75) is 53.1 Å². The highest BCUT2D eigenvalue weighted by molar-refractivity contribution is 5.66. The van der Waals surface area contributed by atoms with Gasteiger partial charge in [0.2, 0.25) is 0 Å². The highest BCUT2D eigenvalue weighted by atomic mass is 16.5. The molecular weight excluding hydrogens is 202 g/mol. The molecule has 1 saturated heterocycles. The van der Waals surface area contributed by atoms with E-state index in [1.165, 1.54) is 19.8 Å². The Morgan fingerprint density at radius 1 is 1.31 bits per heavy atom. The van der Waals surface area contributed by atoms with Crippen LogP contribution < -0.4 is 0 Å². The van der Waals surface area contributed by atoms with Crippen molar-refractivity contribution >= 4 is 5.97 Å². The summed E-state index contributed by atoms with van der Waals surface area (Å²) in [4.78, 5) is 13.5. The maximum Gasteiger partial charge on any atom is 0.302 e. The minimum absolute atomic E-state index is 0.0515. The monoisotopic (exact) mass is 227 g/mol. The van der Waals surface area contributed by atoms with Crippen molar-refractivity contribution in [3.05, 3.63) is 0 Å². The van der Waals surface area contributed by atoms with Crippen LogP contribution in [0.4, 0.5) is 0 Å². The van der Waals surface area contributed by atoms with E-state index in [1.807, 2.05) is 0 Å². The summed E-state index contributed by atoms with van der Waals surface area (Å²) in [7, 11) is 0. The summed E-state index contributed by atoms with van der Waals surface area (Å²) >= 11 is 0. The Morgan fingerprint density at radius 3 is 2.31 bits per heavy atom. The molecular formula is C13H25NO2. The van der Waals surface area contributed by atoms with E-state index in [1.54, 1.807) is 0 Å². The predicted molar refractivity (Wildman–Crippen MR) is 65.3 cm³/mol. The van der Waals surface area contributed by atoms with Gasteiger partial charge < -0.3 is 4.74 Å². The van der Waals surface area contributed by atoms with E-state index in [2.05, 4.69) is 25.7 Å². The van der Waals surface area contributed by atoms with Crippen LogP contribution in [0, 0.1) is 5.41 Å². The molecule has 0 radical (unpaired) electrons. The number of hydrogen-bond donors (Lipinski definition) is 0. The zero-order chi connectivity index (χ0) is 12.2. The molecule has 1 aliphatic heterocycles. The predicted octanol–water partition coefficient (Wildman–Crippen LogP) is 2.45. The second-order valence-corrected chi connectivity index (χ2v) is 6.00. The van der Waals surface area contributed by atoms with E-state index >= 15 is 0 Å². The van der Waals surface area contributed by atoms with Gasteiger partial charge in [0.05, 0.1) is 0 Å². The normalized spacial score (nSPS) is 19.8. The standard InChI is InChI=1S/C13H25NO2/c1-11(15)16-12(9-13(2,3)4)10-14-7-5-6-8-14/h12H,5-10H2,1-4H3. The Hall–Kier alpha value is -0.570. The molecule has 1 fully saturated rings. The number of carbonyl (C=O) groups is 1. The third-order valence-electron chi connectivity index (χ3n) is 2.83. The van der Waals surface area contributed by atoms with Crippen LogP contribution in [0.15, 0.2) is 0 Å². The molecule has 1 aliphatic rings. The van der Waals surface area contributed by atoms with Crippen molar-refractivity contribution in [1.82, 2.24) is 4.90 Å². The Labute approximate surface area is 99.1 Å². The molecule has 0 bridgehead atoms. The van der Waals surface area contributed by atoms with E-state index in [9.17, 15) is 4.79 Å². The average Bonchev–Trinajstić information content (AvgIpc) is 2.51. The van der Waals surface area contributed by atoms with Crippen LogP contribution >= 0.6 is 0 Å². The number of esters is 1. The number of likely N-dealkylation sites (tertiary alicyclic amines) is 1. The average molecular weight is 227 g/mol. The Kier molecular flexibility index (Phi) is 4.78. The third kappa shape index (κ3) is 5.50. The van der Waals surface area contributed by atoms with Crippen molar-refractivity contribution < 1.29 is 9.53 Å². The second-order valence-electron chi connectivity index (χ2n) is 6.00. The van der Waals surface area contributed by atoms with Gasteiger partial charge in [-0.05, 0) is 37.8 Å². The van der Waals surface area contributed by atoms with Crippen LogP contribution in [0.1, 0.15) is 47.0 Å². The van der Waals surface area contributed by atoms with Gasteiger partial charge >= 0.3 is 5.97 Å². The van der Waals surface area contributed by atoms with Gasteiger partial charge in [0, 0.05) is 13.5 Å². The van der Waals surface area contributed by atoms with Crippen molar-refractivity contribution in [3.63, 3.8) is 0 Å². The minimum atomic E-state index is -0.159. The fourth-order valence-corrected chi connectivity index (χ4v) is 2.31. The van der Waals surface area contributed by atoms with Crippen LogP contribution in [0.3, 0.4) is 0 Å². The molecule has 0 aromatic rings. The van der Waals surface area contributed by atoms with Crippen molar-refractivity contribution in [2.24, 2.45) is 5.41 Å². The summed E-state index contributed by atoms with van der Waals surface area (Å²) < 4.78 is 5.41. The highest BCUT2D eigenvalue weighted by Gasteiger charge is 2.24. The van der Waals surface area contributed by atoms with Gasteiger partial charge in [0.1, 0.15) is 6.10 Å². The molecule has 0 aromatic carbocycles. The van der Waals surface area contributed by atoms with Crippen LogP contribution in [0.2, 0.25) is 0 Å². The Morgan fingerprint density at radius 2 is 1.88 bits per heavy atom. The fourth-order valence-electron chi connectivity index (χ4n) is 2.31. The van der Waals surface area contributed by atoms with Crippen molar-refractivity contribution in [3.8, 4) is 0 Å². The molecule has 0 saturated carbocycles. The van der Waals surface area contributed by atoms with Crippen LogP contribution in [0.5, 0.6) is 0 Å². The number of hydrogen-bond acceptors (Lipinski definition) is 3. The molecule has 0 amide bonds. The Bertz CT molecular complexity index is 227. The first-order valence-electron chi connectivity index (χ1n) is 6.26. The first-order chi connectivity index (χ1) is 7.37. The van der Waals surface area contributed by atoms with Gasteiger partial charge in [-0.1, -0.05) is 20.8 Å². The molecule has 1 heterocycles. The van der Waals surface area contributed by atoms with E-state index < -0.39 is 0 Å². The summed E-state index contributed by atoms with van der Waals surface area (Å²) in [6.45, 7) is 11.3. The van der Waals surface area contributed by atoms with E-state index in [0.717, 1.165) is 26.1 Å². The second kappa shape index (κ2) is 5.67. The van der Waals surface area contributed by atoms with Crippen molar-refractivity contribution in [2.75, 3.05) is 19.6 Å². The first kappa shape index (κ1) is 13.5. The Balaban J connectivity index is 2.45. The molecule has 1 rings (SSSR count). The lowest BCUT2D eigenvalue weighted by molar-refractivity contribution is -0.148. The summed E-state index contributed by atoms with van der Waals surface area (Å²) in [5, 5.41) is 0. The molecule has 0 aromatic heterocycles. The molecule has 16 heavy (non-hydrogen) atoms. The van der Waals surface area contributed by atoms with Crippen LogP contribution in [0.25, 0.3) is 0 Å². The SMILES string of the molecule is CC(=O)OC(CN1CCCC1)CC(C)(C)C. The number of rotatable bonds is 4. The molecule has 0 spiro atoms. The van der Waals surface area contributed by atoms with Gasteiger partial charge in [-0.2, -0.15) is 0 Å². The largest absolute Gasteiger partial charge is 0.461 e. The number of ether oxygens (including phenoxy) is 1. The van der Waals surface area contributed by atoms with E-state index in [0.29, 0.717) is 0 Å². The summed E-state index contributed by atoms with van der Waals surface area (Å²) in [5.74, 6) is -0.159. The maximum atomic E-state index is 11.1.